The van der Waals surface area contributed by atoms with Gasteiger partial charge in [0.05, 0.1) is 4.92 Å². The normalized spacial score (nSPS) is 10.3. The average Bonchev–Trinajstić information content (AvgIpc) is 2.66. The van der Waals surface area contributed by atoms with Crippen LogP contribution in [0.4, 0.5) is 23.0 Å². The van der Waals surface area contributed by atoms with Crippen molar-refractivity contribution in [2.24, 2.45) is 0 Å². The maximum Gasteiger partial charge on any atom is 0.310 e. The molecular formula is C20H19N5O4. The predicted octanol–water partition coefficient (Wildman–Crippen LogP) is 3.76. The summed E-state index contributed by atoms with van der Waals surface area (Å²) in [5, 5.41) is 16.8. The molecule has 0 saturated carbocycles. The van der Waals surface area contributed by atoms with E-state index in [2.05, 4.69) is 20.6 Å². The van der Waals surface area contributed by atoms with E-state index in [-0.39, 0.29) is 18.0 Å². The SMILES string of the molecule is Cc1cc(C)nc(Nc2cccc(NC(=O)COc3ccccc3[N+](=O)[O-])c2)n1. The summed E-state index contributed by atoms with van der Waals surface area (Å²) in [4.78, 5) is 31.3. The molecule has 1 heterocycles. The first kappa shape index (κ1) is 19.7. The van der Waals surface area contributed by atoms with Gasteiger partial charge in [-0.25, -0.2) is 9.97 Å². The lowest BCUT2D eigenvalue weighted by Gasteiger charge is -2.10. The van der Waals surface area contributed by atoms with E-state index in [9.17, 15) is 14.9 Å². The summed E-state index contributed by atoms with van der Waals surface area (Å²) in [6, 6.07) is 14.8. The third-order valence-corrected chi connectivity index (χ3v) is 3.81. The molecule has 0 fully saturated rings. The third-order valence-electron chi connectivity index (χ3n) is 3.81. The molecule has 0 aliphatic rings. The fourth-order valence-corrected chi connectivity index (χ4v) is 2.66. The summed E-state index contributed by atoms with van der Waals surface area (Å²) in [7, 11) is 0. The Balaban J connectivity index is 1.63. The van der Waals surface area contributed by atoms with Gasteiger partial charge >= 0.3 is 5.69 Å². The molecule has 9 heteroatoms. The molecule has 0 aliphatic carbocycles. The zero-order valence-electron chi connectivity index (χ0n) is 15.9. The minimum Gasteiger partial charge on any atom is -0.477 e. The van der Waals surface area contributed by atoms with E-state index in [4.69, 9.17) is 4.74 Å². The second kappa shape index (κ2) is 8.79. The van der Waals surface area contributed by atoms with Gasteiger partial charge in [0.25, 0.3) is 5.91 Å². The number of benzene rings is 2. The maximum atomic E-state index is 12.2. The van der Waals surface area contributed by atoms with E-state index in [1.54, 1.807) is 24.3 Å². The van der Waals surface area contributed by atoms with E-state index in [0.29, 0.717) is 17.3 Å². The largest absolute Gasteiger partial charge is 0.477 e. The van der Waals surface area contributed by atoms with E-state index >= 15 is 0 Å². The van der Waals surface area contributed by atoms with Crippen LogP contribution in [0.1, 0.15) is 11.4 Å². The molecule has 29 heavy (non-hydrogen) atoms. The van der Waals surface area contributed by atoms with E-state index in [0.717, 1.165) is 11.4 Å². The molecule has 0 unspecified atom stereocenters. The van der Waals surface area contributed by atoms with Gasteiger partial charge in [0.15, 0.2) is 12.4 Å². The Kier molecular flexibility index (Phi) is 5.98. The molecule has 1 amide bonds. The van der Waals surface area contributed by atoms with Crippen molar-refractivity contribution >= 4 is 28.9 Å². The molecular weight excluding hydrogens is 374 g/mol. The highest BCUT2D eigenvalue weighted by molar-refractivity contribution is 5.92. The van der Waals surface area contributed by atoms with Gasteiger partial charge < -0.3 is 15.4 Å². The molecule has 0 bridgehead atoms. The molecule has 0 saturated heterocycles. The maximum absolute atomic E-state index is 12.2. The van der Waals surface area contributed by atoms with Gasteiger partial charge in [0.1, 0.15) is 0 Å². The monoisotopic (exact) mass is 393 g/mol. The Morgan fingerprint density at radius 3 is 2.45 bits per heavy atom. The molecule has 0 aliphatic heterocycles. The smallest absolute Gasteiger partial charge is 0.310 e. The molecule has 3 rings (SSSR count). The van der Waals surface area contributed by atoms with Crippen LogP contribution in [0.15, 0.2) is 54.6 Å². The third kappa shape index (κ3) is 5.48. The minimum absolute atomic E-state index is 0.0371. The van der Waals surface area contributed by atoms with Gasteiger partial charge in [0.2, 0.25) is 5.95 Å². The Labute approximate surface area is 166 Å². The van der Waals surface area contributed by atoms with Crippen LogP contribution in [0.25, 0.3) is 0 Å². The topological polar surface area (TPSA) is 119 Å². The number of rotatable bonds is 7. The first-order valence-corrected chi connectivity index (χ1v) is 8.76. The predicted molar refractivity (Wildman–Crippen MR) is 108 cm³/mol. The molecule has 9 nitrogen and oxygen atoms in total. The quantitative estimate of drug-likeness (QED) is 0.463. The van der Waals surface area contributed by atoms with Gasteiger partial charge in [-0.3, -0.25) is 14.9 Å². The molecule has 2 N–H and O–H groups in total. The fourth-order valence-electron chi connectivity index (χ4n) is 2.66. The summed E-state index contributed by atoms with van der Waals surface area (Å²) in [6.45, 7) is 3.41. The summed E-state index contributed by atoms with van der Waals surface area (Å²) in [6.07, 6.45) is 0. The number of aryl methyl sites for hydroxylation is 2. The lowest BCUT2D eigenvalue weighted by atomic mass is 10.2. The molecule has 1 aromatic heterocycles. The van der Waals surface area contributed by atoms with Crippen molar-refractivity contribution in [3.63, 3.8) is 0 Å². The number of carbonyl (C=O) groups is 1. The first-order chi connectivity index (χ1) is 13.9. The number of anilines is 3. The summed E-state index contributed by atoms with van der Waals surface area (Å²) in [5.74, 6) is 0.0590. The molecule has 0 radical (unpaired) electrons. The second-order valence-corrected chi connectivity index (χ2v) is 6.24. The highest BCUT2D eigenvalue weighted by Gasteiger charge is 2.15. The number of hydrogen-bond donors (Lipinski definition) is 2. The van der Waals surface area contributed by atoms with Crippen LogP contribution in [-0.2, 0) is 4.79 Å². The number of nitrogens with zero attached hydrogens (tertiary/aromatic N) is 3. The second-order valence-electron chi connectivity index (χ2n) is 6.24. The number of nitro benzene ring substituents is 1. The van der Waals surface area contributed by atoms with Crippen molar-refractivity contribution in [3.05, 3.63) is 76.1 Å². The average molecular weight is 393 g/mol. The van der Waals surface area contributed by atoms with E-state index in [1.165, 1.54) is 18.2 Å². The first-order valence-electron chi connectivity index (χ1n) is 8.76. The zero-order valence-corrected chi connectivity index (χ0v) is 15.9. The summed E-state index contributed by atoms with van der Waals surface area (Å²) < 4.78 is 5.30. The van der Waals surface area contributed by atoms with Gasteiger partial charge in [-0.1, -0.05) is 18.2 Å². The highest BCUT2D eigenvalue weighted by atomic mass is 16.6. The number of nitrogens with one attached hydrogen (secondary N) is 2. The Morgan fingerprint density at radius 2 is 1.72 bits per heavy atom. The van der Waals surface area contributed by atoms with Crippen LogP contribution in [0.5, 0.6) is 5.75 Å². The van der Waals surface area contributed by atoms with Crippen molar-refractivity contribution in [1.82, 2.24) is 9.97 Å². The number of hydrogen-bond acceptors (Lipinski definition) is 7. The van der Waals surface area contributed by atoms with Gasteiger partial charge in [-0.05, 0) is 44.2 Å². The van der Waals surface area contributed by atoms with Gasteiger partial charge in [-0.2, -0.15) is 0 Å². The molecule has 0 spiro atoms. The molecule has 2 aromatic carbocycles. The van der Waals surface area contributed by atoms with Crippen molar-refractivity contribution in [3.8, 4) is 5.75 Å². The number of carbonyl (C=O) groups excluding carboxylic acids is 1. The lowest BCUT2D eigenvalue weighted by Crippen LogP contribution is -2.20. The van der Waals surface area contributed by atoms with Gasteiger partial charge in [-0.15, -0.1) is 0 Å². The van der Waals surface area contributed by atoms with Crippen LogP contribution in [-0.4, -0.2) is 27.4 Å². The minimum atomic E-state index is -0.558. The van der Waals surface area contributed by atoms with E-state index < -0.39 is 10.8 Å². The standard InChI is InChI=1S/C20H19N5O4/c1-13-10-14(2)22-20(21-13)24-16-7-5-6-15(11-16)23-19(26)12-29-18-9-4-3-8-17(18)25(27)28/h3-11H,12H2,1-2H3,(H,23,26)(H,21,22,24). The Hall–Kier alpha value is -4.01. The van der Waals surface area contributed by atoms with Crippen molar-refractivity contribution in [1.29, 1.82) is 0 Å². The molecule has 148 valence electrons. The number of nitro groups is 1. The summed E-state index contributed by atoms with van der Waals surface area (Å²) >= 11 is 0. The highest BCUT2D eigenvalue weighted by Crippen LogP contribution is 2.25. The Bertz CT molecular complexity index is 1030. The van der Waals surface area contributed by atoms with Gasteiger partial charge in [0, 0.05) is 28.8 Å². The van der Waals surface area contributed by atoms with Crippen LogP contribution in [0.2, 0.25) is 0 Å². The number of ether oxygens (including phenoxy) is 1. The fraction of sp³-hybridized carbons (Fsp3) is 0.150. The van der Waals surface area contributed by atoms with Crippen molar-refractivity contribution < 1.29 is 14.5 Å². The molecule has 0 atom stereocenters. The molecule has 3 aromatic rings. The van der Waals surface area contributed by atoms with Crippen LogP contribution >= 0.6 is 0 Å². The Morgan fingerprint density at radius 1 is 1.03 bits per heavy atom. The number of aromatic nitrogens is 2. The van der Waals surface area contributed by atoms with Crippen LogP contribution in [0.3, 0.4) is 0 Å². The summed E-state index contributed by atoms with van der Waals surface area (Å²) in [5.41, 5.74) is 2.73. The zero-order chi connectivity index (χ0) is 20.8. The van der Waals surface area contributed by atoms with E-state index in [1.807, 2.05) is 26.0 Å². The van der Waals surface area contributed by atoms with Crippen molar-refractivity contribution in [2.45, 2.75) is 13.8 Å². The lowest BCUT2D eigenvalue weighted by molar-refractivity contribution is -0.385. The number of amides is 1. The van der Waals surface area contributed by atoms with Crippen molar-refractivity contribution in [2.75, 3.05) is 17.2 Å². The van der Waals surface area contributed by atoms with Crippen LogP contribution in [0, 0.1) is 24.0 Å². The van der Waals surface area contributed by atoms with Crippen LogP contribution < -0.4 is 15.4 Å². The number of para-hydroxylation sites is 2.